The Morgan fingerprint density at radius 2 is 1.79 bits per heavy atom. The third-order valence-electron chi connectivity index (χ3n) is 6.19. The maximum atomic E-state index is 13.9. The number of nitro benzene ring substituents is 1. The summed E-state index contributed by atoms with van der Waals surface area (Å²) in [5, 5.41) is 11.1. The van der Waals surface area contributed by atoms with Crippen LogP contribution in [-0.4, -0.2) is 82.8 Å². The number of ketones is 1. The van der Waals surface area contributed by atoms with Gasteiger partial charge in [-0.15, -0.1) is 0 Å². The number of esters is 1. The first kappa shape index (κ1) is 26.8. The number of carbonyl (C=O) groups is 3. The van der Waals surface area contributed by atoms with E-state index in [9.17, 15) is 32.9 Å². The number of non-ortho nitro benzene ring substituents is 1. The van der Waals surface area contributed by atoms with Crippen molar-refractivity contribution in [2.24, 2.45) is 0 Å². The number of carbonyl (C=O) groups excluding carboxylic acids is 3. The Morgan fingerprint density at radius 1 is 1.11 bits per heavy atom. The second kappa shape index (κ2) is 10.3. The van der Waals surface area contributed by atoms with Crippen LogP contribution in [0.3, 0.4) is 0 Å². The molecule has 2 aromatic rings. The lowest BCUT2D eigenvalue weighted by molar-refractivity contribution is -0.384. The number of nitro groups is 1. The molecule has 0 aromatic heterocycles. The SMILES string of the molecule is COCOc1cc(C(=O)OC)cc2c1CC(=O)[C@@H]1[C@H](CN2S(=O)(=O)c2ccc([N+](=O)[O-])cc2)N1C(=O)OC. The number of hydrogen-bond donors (Lipinski definition) is 0. The van der Waals surface area contributed by atoms with Gasteiger partial charge in [0.2, 0.25) is 0 Å². The number of hydrogen-bond acceptors (Lipinski definition) is 11. The largest absolute Gasteiger partial charge is 0.467 e. The average molecular weight is 550 g/mol. The van der Waals surface area contributed by atoms with E-state index in [1.807, 2.05) is 0 Å². The summed E-state index contributed by atoms with van der Waals surface area (Å²) in [6.45, 7) is -0.646. The molecule has 38 heavy (non-hydrogen) atoms. The highest BCUT2D eigenvalue weighted by Crippen LogP contribution is 2.42. The number of Topliss-reactive ketones (excluding diaryl/α,β-unsaturated/α-hetero) is 1. The molecule has 1 fully saturated rings. The minimum Gasteiger partial charge on any atom is -0.467 e. The van der Waals surface area contributed by atoms with E-state index < -0.39 is 39.1 Å². The van der Waals surface area contributed by atoms with Crippen molar-refractivity contribution in [1.82, 2.24) is 4.90 Å². The fourth-order valence-electron chi connectivity index (χ4n) is 4.35. The molecule has 2 aromatic carbocycles. The molecule has 2 atom stereocenters. The number of ether oxygens (including phenoxy) is 4. The quantitative estimate of drug-likeness (QED) is 0.161. The molecule has 202 valence electrons. The summed E-state index contributed by atoms with van der Waals surface area (Å²) in [5.74, 6) is -1.18. The normalized spacial score (nSPS) is 18.4. The van der Waals surface area contributed by atoms with Gasteiger partial charge in [-0.1, -0.05) is 0 Å². The molecule has 0 spiro atoms. The molecule has 0 unspecified atom stereocenters. The van der Waals surface area contributed by atoms with Crippen LogP contribution in [0.2, 0.25) is 0 Å². The second-order valence-corrected chi connectivity index (χ2v) is 10.2. The van der Waals surface area contributed by atoms with Crippen LogP contribution in [0.5, 0.6) is 5.75 Å². The zero-order valence-corrected chi connectivity index (χ0v) is 21.3. The summed E-state index contributed by atoms with van der Waals surface area (Å²) in [4.78, 5) is 49.2. The van der Waals surface area contributed by atoms with Crippen molar-refractivity contribution >= 4 is 39.2 Å². The van der Waals surface area contributed by atoms with Gasteiger partial charge in [0.15, 0.2) is 12.6 Å². The number of anilines is 1. The van der Waals surface area contributed by atoms with Crippen molar-refractivity contribution in [3.8, 4) is 5.75 Å². The van der Waals surface area contributed by atoms with Gasteiger partial charge in [-0.25, -0.2) is 18.0 Å². The first-order valence-electron chi connectivity index (χ1n) is 11.1. The van der Waals surface area contributed by atoms with Gasteiger partial charge in [-0.3, -0.25) is 24.1 Å². The van der Waals surface area contributed by atoms with E-state index in [0.29, 0.717) is 0 Å². The Kier molecular flexibility index (Phi) is 7.24. The zero-order chi connectivity index (χ0) is 27.8. The van der Waals surface area contributed by atoms with Gasteiger partial charge in [0.1, 0.15) is 11.8 Å². The summed E-state index contributed by atoms with van der Waals surface area (Å²) < 4.78 is 48.9. The maximum absolute atomic E-state index is 13.9. The van der Waals surface area contributed by atoms with Crippen LogP contribution in [0.15, 0.2) is 41.3 Å². The molecule has 0 bridgehead atoms. The molecular weight excluding hydrogens is 526 g/mol. The van der Waals surface area contributed by atoms with Crippen molar-refractivity contribution in [3.63, 3.8) is 0 Å². The lowest BCUT2D eigenvalue weighted by atomic mass is 9.98. The number of sulfonamides is 1. The Balaban J connectivity index is 1.92. The second-order valence-electron chi connectivity index (χ2n) is 8.33. The third kappa shape index (κ3) is 4.72. The highest BCUT2D eigenvalue weighted by Gasteiger charge is 2.58. The van der Waals surface area contributed by atoms with Crippen molar-refractivity contribution < 1.29 is 46.7 Å². The topological polar surface area (TPSA) is 172 Å². The number of benzene rings is 2. The lowest BCUT2D eigenvalue weighted by Gasteiger charge is -2.29. The van der Waals surface area contributed by atoms with E-state index in [4.69, 9.17) is 18.9 Å². The standard InChI is InChI=1S/C23H23N3O11S/c1-34-12-37-20-9-13(22(28)35-2)8-17-16(20)10-19(27)21-18(25(21)23(29)36-3)11-24(17)38(32,33)15-6-4-14(5-7-15)26(30)31/h4-9,18,21H,10-12H2,1-3H3/t18-,21-,25?/m0/s1. The fraction of sp³-hybridized carbons (Fsp3) is 0.348. The van der Waals surface area contributed by atoms with Crippen LogP contribution >= 0.6 is 0 Å². The van der Waals surface area contributed by atoms with Crippen LogP contribution in [0.25, 0.3) is 0 Å². The Morgan fingerprint density at radius 3 is 2.37 bits per heavy atom. The van der Waals surface area contributed by atoms with Crippen LogP contribution in [0.1, 0.15) is 15.9 Å². The fourth-order valence-corrected chi connectivity index (χ4v) is 5.86. The minimum absolute atomic E-state index is 0.00529. The van der Waals surface area contributed by atoms with Crippen LogP contribution < -0.4 is 9.04 Å². The minimum atomic E-state index is -4.44. The monoisotopic (exact) mass is 549 g/mol. The number of nitrogens with zero attached hydrogens (tertiary/aromatic N) is 3. The molecule has 2 aliphatic rings. The third-order valence-corrected chi connectivity index (χ3v) is 7.99. The summed E-state index contributed by atoms with van der Waals surface area (Å²) in [6, 6.07) is 5.00. The summed E-state index contributed by atoms with van der Waals surface area (Å²) in [7, 11) is -0.804. The molecule has 0 aliphatic carbocycles. The Bertz CT molecular complexity index is 1410. The van der Waals surface area contributed by atoms with Gasteiger partial charge >= 0.3 is 12.1 Å². The van der Waals surface area contributed by atoms with E-state index in [-0.39, 0.29) is 58.7 Å². The molecule has 0 radical (unpaired) electrons. The first-order valence-corrected chi connectivity index (χ1v) is 12.5. The number of rotatable bonds is 7. The smallest absolute Gasteiger partial charge is 0.410 e. The van der Waals surface area contributed by atoms with Gasteiger partial charge in [0.25, 0.3) is 15.7 Å². The van der Waals surface area contributed by atoms with E-state index >= 15 is 0 Å². The van der Waals surface area contributed by atoms with Crippen molar-refractivity contribution in [2.45, 2.75) is 23.4 Å². The van der Waals surface area contributed by atoms with Crippen molar-refractivity contribution in [3.05, 3.63) is 57.6 Å². The summed E-state index contributed by atoms with van der Waals surface area (Å²) in [5.41, 5.74) is -0.294. The zero-order valence-electron chi connectivity index (χ0n) is 20.5. The highest BCUT2D eigenvalue weighted by atomic mass is 32.2. The molecule has 2 aliphatic heterocycles. The summed E-state index contributed by atoms with van der Waals surface area (Å²) in [6.07, 6.45) is -1.14. The molecule has 4 rings (SSSR count). The Labute approximate surface area is 216 Å². The maximum Gasteiger partial charge on any atom is 0.410 e. The lowest BCUT2D eigenvalue weighted by Crippen LogP contribution is -2.38. The number of fused-ring (bicyclic) bond motifs is 2. The van der Waals surface area contributed by atoms with Gasteiger partial charge in [0, 0.05) is 31.2 Å². The van der Waals surface area contributed by atoms with Crippen molar-refractivity contribution in [2.75, 3.05) is 39.0 Å². The average Bonchev–Trinajstić information content (AvgIpc) is 3.62. The van der Waals surface area contributed by atoms with Crippen LogP contribution in [0.4, 0.5) is 16.2 Å². The van der Waals surface area contributed by atoms with Crippen LogP contribution in [0, 0.1) is 10.1 Å². The van der Waals surface area contributed by atoms with E-state index in [0.717, 1.165) is 47.7 Å². The Hall–Kier alpha value is -4.24. The molecule has 2 heterocycles. The first-order chi connectivity index (χ1) is 18.0. The van der Waals surface area contributed by atoms with Gasteiger partial charge < -0.3 is 18.9 Å². The van der Waals surface area contributed by atoms with Gasteiger partial charge in [0.05, 0.1) is 47.9 Å². The molecule has 15 heteroatoms. The highest BCUT2D eigenvalue weighted by molar-refractivity contribution is 7.92. The van der Waals surface area contributed by atoms with E-state index in [1.165, 1.54) is 19.2 Å². The molecule has 0 N–H and O–H groups in total. The molecule has 14 nitrogen and oxygen atoms in total. The van der Waals surface area contributed by atoms with Gasteiger partial charge in [-0.2, -0.15) is 0 Å². The predicted octanol–water partition coefficient (Wildman–Crippen LogP) is 1.50. The van der Waals surface area contributed by atoms with Gasteiger partial charge in [-0.05, 0) is 24.3 Å². The molecule has 1 saturated heterocycles. The molecule has 0 saturated carbocycles. The van der Waals surface area contributed by atoms with E-state index in [1.54, 1.807) is 0 Å². The molecular formula is C23H23N3O11S. The van der Waals surface area contributed by atoms with E-state index in [2.05, 4.69) is 0 Å². The van der Waals surface area contributed by atoms with Crippen LogP contribution in [-0.2, 0) is 35.4 Å². The predicted molar refractivity (Wildman–Crippen MR) is 128 cm³/mol. The van der Waals surface area contributed by atoms with Crippen molar-refractivity contribution in [1.29, 1.82) is 0 Å². The summed E-state index contributed by atoms with van der Waals surface area (Å²) >= 11 is 0. The number of amides is 1. The molecule has 1 amide bonds. The number of methoxy groups -OCH3 is 3.